The summed E-state index contributed by atoms with van der Waals surface area (Å²) in [5, 5.41) is 56.0. The highest BCUT2D eigenvalue weighted by Crippen LogP contribution is 2.52. The van der Waals surface area contributed by atoms with Crippen molar-refractivity contribution in [3.05, 3.63) is 107 Å². The molecule has 1 aliphatic rings. The van der Waals surface area contributed by atoms with E-state index in [0.717, 1.165) is 0 Å². The van der Waals surface area contributed by atoms with Crippen molar-refractivity contribution < 1.29 is 38.7 Å². The maximum absolute atomic E-state index is 13.5. The van der Waals surface area contributed by atoms with Crippen molar-refractivity contribution in [1.29, 1.82) is 0 Å². The zero-order valence-corrected chi connectivity index (χ0v) is 23.4. The number of nitrogens with zero attached hydrogens (tertiary/aromatic N) is 2. The van der Waals surface area contributed by atoms with Gasteiger partial charge in [0.1, 0.15) is 24.5 Å². The first-order valence-electron chi connectivity index (χ1n) is 12.9. The molecule has 1 aliphatic carbocycles. The van der Waals surface area contributed by atoms with Gasteiger partial charge in [0, 0.05) is 28.1 Å². The number of fused-ring (bicyclic) bond motifs is 3. The summed E-state index contributed by atoms with van der Waals surface area (Å²) in [4.78, 5) is -0.136. The Bertz CT molecular complexity index is 1890. The lowest BCUT2D eigenvalue weighted by Crippen LogP contribution is -2.24. The van der Waals surface area contributed by atoms with Crippen LogP contribution in [0.1, 0.15) is 34.5 Å². The quantitative estimate of drug-likeness (QED) is 0.167. The van der Waals surface area contributed by atoms with Crippen molar-refractivity contribution in [3.8, 4) is 23.3 Å². The molecule has 0 amide bonds. The van der Waals surface area contributed by atoms with Gasteiger partial charge in [0.25, 0.3) is 10.0 Å². The van der Waals surface area contributed by atoms with Gasteiger partial charge in [0.05, 0.1) is 11.4 Å². The Morgan fingerprint density at radius 1 is 0.786 bits per heavy atom. The van der Waals surface area contributed by atoms with Crippen LogP contribution in [-0.4, -0.2) is 45.1 Å². The number of hydrogen-bond acceptors (Lipinski definition) is 8. The first kappa shape index (κ1) is 27.7. The number of halogens is 1. The monoisotopic (exact) mass is 608 g/mol. The zero-order chi connectivity index (χ0) is 29.8. The Kier molecular flexibility index (Phi) is 6.90. The largest absolute Gasteiger partial charge is 0.504 e. The van der Waals surface area contributed by atoms with Crippen molar-refractivity contribution in [2.45, 2.75) is 23.6 Å². The van der Waals surface area contributed by atoms with Gasteiger partial charge in [-0.2, -0.15) is 12.2 Å². The highest BCUT2D eigenvalue weighted by Gasteiger charge is 2.38. The number of aromatic nitrogens is 1. The molecule has 2 unspecified atom stereocenters. The third kappa shape index (κ3) is 4.29. The number of phenols is 1. The van der Waals surface area contributed by atoms with Crippen LogP contribution in [0.2, 0.25) is 0 Å². The number of aliphatic hydroxyl groups is 2. The fourth-order valence-electron chi connectivity index (χ4n) is 5.32. The molecule has 216 valence electrons. The highest BCUT2D eigenvalue weighted by atomic mass is 35.5. The Labute approximate surface area is 245 Å². The van der Waals surface area contributed by atoms with Crippen molar-refractivity contribution >= 4 is 38.3 Å². The van der Waals surface area contributed by atoms with Gasteiger partial charge in [-0.3, -0.25) is 4.57 Å². The summed E-state index contributed by atoms with van der Waals surface area (Å²) in [5.74, 6) is -1.42. The maximum Gasteiger partial charge on any atom is 0.278 e. The average Bonchev–Trinajstić information content (AvgIpc) is 3.25. The molecule has 6 rings (SSSR count). The highest BCUT2D eigenvalue weighted by molar-refractivity contribution is 7.94. The first-order valence-corrected chi connectivity index (χ1v) is 14.6. The lowest BCUT2D eigenvalue weighted by atomic mass is 9.81. The summed E-state index contributed by atoms with van der Waals surface area (Å²) in [6, 6.07) is 21.9. The number of sulfonamides is 1. The molecule has 0 spiro atoms. The number of benzene rings is 4. The Hall–Kier alpha value is -4.42. The first-order chi connectivity index (χ1) is 20.1. The molecule has 2 atom stereocenters. The molecule has 12 heteroatoms. The van der Waals surface area contributed by atoms with Gasteiger partial charge >= 0.3 is 0 Å². The van der Waals surface area contributed by atoms with Crippen molar-refractivity contribution in [2.24, 2.45) is 0 Å². The Morgan fingerprint density at radius 3 is 1.95 bits per heavy atom. The normalized spacial score (nSPS) is 16.2. The van der Waals surface area contributed by atoms with Crippen LogP contribution in [0.15, 0.2) is 89.8 Å². The molecule has 42 heavy (non-hydrogen) atoms. The number of ether oxygens (including phenoxy) is 1. The van der Waals surface area contributed by atoms with Crippen LogP contribution in [-0.2, 0) is 16.6 Å². The summed E-state index contributed by atoms with van der Waals surface area (Å²) in [6.45, 7) is -0.378. The summed E-state index contributed by atoms with van der Waals surface area (Å²) >= 11 is 6.46. The van der Waals surface area contributed by atoms with E-state index in [2.05, 4.69) is 0 Å². The molecule has 5 aromatic rings. The lowest BCUT2D eigenvalue weighted by Gasteiger charge is -2.32. The summed E-state index contributed by atoms with van der Waals surface area (Å²) in [5.41, 5.74) is 0.407. The van der Waals surface area contributed by atoms with Gasteiger partial charge in [0.15, 0.2) is 11.5 Å². The van der Waals surface area contributed by atoms with Crippen LogP contribution in [0.3, 0.4) is 0 Å². The molecule has 10 nitrogen and oxygen atoms in total. The minimum absolute atomic E-state index is 0.0434. The van der Waals surface area contributed by atoms with Crippen LogP contribution in [0, 0.1) is 0 Å². The number of phenolic OH excluding ortho intramolecular Hbond substituents is 1. The molecule has 0 bridgehead atoms. The molecule has 0 aliphatic heterocycles. The van der Waals surface area contributed by atoms with Crippen LogP contribution in [0.25, 0.3) is 10.8 Å². The van der Waals surface area contributed by atoms with Crippen LogP contribution in [0.4, 0.5) is 5.69 Å². The second-order valence-corrected chi connectivity index (χ2v) is 12.1. The van der Waals surface area contributed by atoms with Crippen LogP contribution in [0.5, 0.6) is 23.3 Å². The van der Waals surface area contributed by atoms with E-state index < -0.39 is 28.0 Å². The van der Waals surface area contributed by atoms with Gasteiger partial charge < -0.3 is 30.3 Å². The molecule has 0 fully saturated rings. The van der Waals surface area contributed by atoms with Gasteiger partial charge in [-0.1, -0.05) is 54.6 Å². The van der Waals surface area contributed by atoms with Crippen LogP contribution >= 0.6 is 11.8 Å². The zero-order valence-electron chi connectivity index (χ0n) is 21.8. The average molecular weight is 609 g/mol. The fourth-order valence-corrected chi connectivity index (χ4v) is 6.76. The number of anilines is 1. The van der Waals surface area contributed by atoms with Crippen molar-refractivity contribution in [2.75, 3.05) is 10.4 Å². The van der Waals surface area contributed by atoms with Gasteiger partial charge in [0.2, 0.25) is 11.8 Å². The smallest absolute Gasteiger partial charge is 0.278 e. The van der Waals surface area contributed by atoms with Crippen molar-refractivity contribution in [3.63, 3.8) is 0 Å². The van der Waals surface area contributed by atoms with Gasteiger partial charge in [-0.15, -0.1) is 0 Å². The Balaban J connectivity index is 1.44. The Morgan fingerprint density at radius 2 is 1.33 bits per heavy atom. The standard InChI is InChI=1S/C30H25ClN2O8S/c31-33(42(39,40)17-8-2-1-3-9-17)23-16-22-24(26(35)19-11-5-4-10-18(19)25(22)34)27(36)28(23)41-15-14-32-29(37)20-12-6-7-13-21(20)30(32)38/h1-13,16,25-26,34-38H,14-15H2. The predicted molar refractivity (Wildman–Crippen MR) is 155 cm³/mol. The molecular weight excluding hydrogens is 584 g/mol. The van der Waals surface area contributed by atoms with E-state index in [9.17, 15) is 34.0 Å². The molecule has 0 saturated carbocycles. The van der Waals surface area contributed by atoms with Gasteiger partial charge in [-0.05, 0) is 47.0 Å². The van der Waals surface area contributed by atoms with E-state index in [4.69, 9.17) is 16.5 Å². The van der Waals surface area contributed by atoms with E-state index in [1.807, 2.05) is 0 Å². The number of hydrogen-bond donors (Lipinski definition) is 5. The lowest BCUT2D eigenvalue weighted by molar-refractivity contribution is 0.168. The molecule has 4 aromatic carbocycles. The molecular formula is C30H25ClN2O8S. The summed E-state index contributed by atoms with van der Waals surface area (Å²) < 4.78 is 34.4. The molecule has 1 aromatic heterocycles. The minimum Gasteiger partial charge on any atom is -0.504 e. The molecule has 1 heterocycles. The van der Waals surface area contributed by atoms with E-state index in [0.29, 0.717) is 25.7 Å². The van der Waals surface area contributed by atoms with E-state index in [-0.39, 0.29) is 52.4 Å². The van der Waals surface area contributed by atoms with E-state index >= 15 is 0 Å². The van der Waals surface area contributed by atoms with Crippen molar-refractivity contribution in [1.82, 2.24) is 4.57 Å². The second-order valence-electron chi connectivity index (χ2n) is 9.74. The SMILES string of the molecule is O=S(=O)(c1ccccc1)N(Cl)c1cc2c(c(O)c1OCCn1c(O)c3ccccc3c1O)C(O)c1ccccc1C2O. The van der Waals surface area contributed by atoms with E-state index in [1.54, 1.807) is 54.6 Å². The third-order valence-corrected chi connectivity index (χ3v) is 9.60. The minimum atomic E-state index is -4.38. The topological polar surface area (TPSA) is 153 Å². The summed E-state index contributed by atoms with van der Waals surface area (Å²) in [6.07, 6.45) is -2.68. The number of rotatable bonds is 7. The molecule has 5 N–H and O–H groups in total. The summed E-state index contributed by atoms with van der Waals surface area (Å²) in [7, 11) is -4.38. The fraction of sp³-hybridized carbons (Fsp3) is 0.133. The third-order valence-electron chi connectivity index (χ3n) is 7.38. The second kappa shape index (κ2) is 10.4. The van der Waals surface area contributed by atoms with E-state index in [1.165, 1.54) is 34.9 Å². The number of aromatic hydroxyl groups is 3. The molecule has 0 radical (unpaired) electrons. The maximum atomic E-state index is 13.5. The molecule has 0 saturated heterocycles. The predicted octanol–water partition coefficient (Wildman–Crippen LogP) is 4.66. The number of aliphatic hydroxyl groups excluding tert-OH is 2. The van der Waals surface area contributed by atoms with Crippen LogP contribution < -0.4 is 8.56 Å². The van der Waals surface area contributed by atoms with Gasteiger partial charge in [-0.25, -0.2) is 0 Å².